The number of likely N-dealkylation sites (tertiary alicyclic amines) is 1. The molecule has 2 heterocycles. The highest BCUT2D eigenvalue weighted by Crippen LogP contribution is 2.42. The van der Waals surface area contributed by atoms with E-state index in [9.17, 15) is 8.42 Å². The fourth-order valence-electron chi connectivity index (χ4n) is 3.88. The summed E-state index contributed by atoms with van der Waals surface area (Å²) in [5.74, 6) is 1.06. The average Bonchev–Trinajstić information content (AvgIpc) is 3.14. The Labute approximate surface area is 133 Å². The van der Waals surface area contributed by atoms with Gasteiger partial charge in [0.05, 0.1) is 5.75 Å². The lowest BCUT2D eigenvalue weighted by molar-refractivity contribution is 0.0772. The van der Waals surface area contributed by atoms with Gasteiger partial charge >= 0.3 is 0 Å². The van der Waals surface area contributed by atoms with Crippen molar-refractivity contribution in [2.24, 2.45) is 11.3 Å². The van der Waals surface area contributed by atoms with Gasteiger partial charge in [-0.2, -0.15) is 0 Å². The Morgan fingerprint density at radius 3 is 2.50 bits per heavy atom. The van der Waals surface area contributed by atoms with Crippen molar-refractivity contribution in [1.29, 1.82) is 0 Å². The molecule has 1 spiro atoms. The Bertz CT molecular complexity index is 634. The first-order chi connectivity index (χ1) is 10.5. The van der Waals surface area contributed by atoms with Crippen LogP contribution < -0.4 is 0 Å². The SMILES string of the molecule is O=S(=O)(Cc1ccccc1)N1CC2(CCN(CC3CC3)C2)C1. The third-order valence-corrected chi connectivity index (χ3v) is 7.08. The summed E-state index contributed by atoms with van der Waals surface area (Å²) in [6.45, 7) is 4.94. The average molecular weight is 320 g/mol. The van der Waals surface area contributed by atoms with Crippen LogP contribution in [-0.2, 0) is 15.8 Å². The van der Waals surface area contributed by atoms with Gasteiger partial charge in [0.25, 0.3) is 0 Å². The van der Waals surface area contributed by atoms with Gasteiger partial charge in [-0.05, 0) is 37.3 Å². The molecule has 0 aromatic heterocycles. The van der Waals surface area contributed by atoms with E-state index in [4.69, 9.17) is 0 Å². The van der Waals surface area contributed by atoms with Crippen molar-refractivity contribution in [1.82, 2.24) is 9.21 Å². The molecule has 0 unspecified atom stereocenters. The van der Waals surface area contributed by atoms with Crippen molar-refractivity contribution in [3.8, 4) is 0 Å². The summed E-state index contributed by atoms with van der Waals surface area (Å²) in [5, 5.41) is 0. The predicted octanol–water partition coefficient (Wildman–Crippen LogP) is 1.93. The quantitative estimate of drug-likeness (QED) is 0.832. The smallest absolute Gasteiger partial charge is 0.218 e. The van der Waals surface area contributed by atoms with Crippen LogP contribution in [0.15, 0.2) is 30.3 Å². The Hall–Kier alpha value is -0.910. The highest BCUT2D eigenvalue weighted by Gasteiger charge is 2.51. The minimum Gasteiger partial charge on any atom is -0.302 e. The zero-order chi connectivity index (χ0) is 15.2. The molecular formula is C17H24N2O2S. The van der Waals surface area contributed by atoms with Gasteiger partial charge in [-0.15, -0.1) is 0 Å². The monoisotopic (exact) mass is 320 g/mol. The van der Waals surface area contributed by atoms with E-state index in [-0.39, 0.29) is 11.2 Å². The molecule has 3 fully saturated rings. The highest BCUT2D eigenvalue weighted by molar-refractivity contribution is 7.88. The number of sulfonamides is 1. The van der Waals surface area contributed by atoms with Gasteiger partial charge in [-0.3, -0.25) is 0 Å². The maximum atomic E-state index is 12.5. The molecule has 1 aliphatic carbocycles. The second-order valence-electron chi connectivity index (χ2n) is 7.44. The molecule has 4 rings (SSSR count). The van der Waals surface area contributed by atoms with E-state index in [0.29, 0.717) is 0 Å². The van der Waals surface area contributed by atoms with Crippen molar-refractivity contribution < 1.29 is 8.42 Å². The van der Waals surface area contributed by atoms with Gasteiger partial charge in [0.2, 0.25) is 10.0 Å². The molecule has 2 aliphatic heterocycles. The minimum atomic E-state index is -3.15. The van der Waals surface area contributed by atoms with E-state index in [1.165, 1.54) is 19.4 Å². The molecule has 4 nitrogen and oxygen atoms in total. The molecule has 5 heteroatoms. The van der Waals surface area contributed by atoms with Crippen LogP contribution in [0.4, 0.5) is 0 Å². The lowest BCUT2D eigenvalue weighted by Gasteiger charge is -2.47. The van der Waals surface area contributed by atoms with Crippen molar-refractivity contribution in [2.75, 3.05) is 32.7 Å². The van der Waals surface area contributed by atoms with Gasteiger partial charge < -0.3 is 4.90 Å². The zero-order valence-electron chi connectivity index (χ0n) is 12.9. The Balaban J connectivity index is 1.34. The molecule has 1 aromatic carbocycles. The summed E-state index contributed by atoms with van der Waals surface area (Å²) >= 11 is 0. The molecular weight excluding hydrogens is 296 g/mol. The molecule has 120 valence electrons. The van der Waals surface area contributed by atoms with Crippen LogP contribution in [0.1, 0.15) is 24.8 Å². The van der Waals surface area contributed by atoms with E-state index in [2.05, 4.69) is 4.90 Å². The molecule has 0 amide bonds. The molecule has 2 saturated heterocycles. The molecule has 0 atom stereocenters. The number of nitrogens with zero attached hydrogens (tertiary/aromatic N) is 2. The Morgan fingerprint density at radius 1 is 1.09 bits per heavy atom. The highest BCUT2D eigenvalue weighted by atomic mass is 32.2. The lowest BCUT2D eigenvalue weighted by atomic mass is 9.81. The van der Waals surface area contributed by atoms with E-state index in [1.54, 1.807) is 4.31 Å². The number of hydrogen-bond donors (Lipinski definition) is 0. The normalized spacial score (nSPS) is 25.5. The molecule has 0 N–H and O–H groups in total. The summed E-state index contributed by atoms with van der Waals surface area (Å²) in [6, 6.07) is 9.49. The van der Waals surface area contributed by atoms with Gasteiger partial charge in [0, 0.05) is 31.6 Å². The van der Waals surface area contributed by atoms with Crippen molar-refractivity contribution in [2.45, 2.75) is 25.0 Å². The predicted molar refractivity (Wildman–Crippen MR) is 86.9 cm³/mol. The van der Waals surface area contributed by atoms with Crippen LogP contribution >= 0.6 is 0 Å². The van der Waals surface area contributed by atoms with Gasteiger partial charge in [-0.1, -0.05) is 30.3 Å². The lowest BCUT2D eigenvalue weighted by Crippen LogP contribution is -2.59. The van der Waals surface area contributed by atoms with E-state index in [1.807, 2.05) is 30.3 Å². The minimum absolute atomic E-state index is 0.135. The maximum Gasteiger partial charge on any atom is 0.218 e. The first-order valence-corrected chi connectivity index (χ1v) is 9.90. The fraction of sp³-hybridized carbons (Fsp3) is 0.647. The van der Waals surface area contributed by atoms with Crippen molar-refractivity contribution >= 4 is 10.0 Å². The summed E-state index contributed by atoms with van der Waals surface area (Å²) in [5.41, 5.74) is 1.13. The molecule has 0 bridgehead atoms. The van der Waals surface area contributed by atoms with Gasteiger partial charge in [0.1, 0.15) is 0 Å². The van der Waals surface area contributed by atoms with Crippen LogP contribution in [0.2, 0.25) is 0 Å². The largest absolute Gasteiger partial charge is 0.302 e. The third kappa shape index (κ3) is 2.94. The molecule has 22 heavy (non-hydrogen) atoms. The van der Waals surface area contributed by atoms with Crippen LogP contribution in [0, 0.1) is 11.3 Å². The van der Waals surface area contributed by atoms with Crippen molar-refractivity contribution in [3.05, 3.63) is 35.9 Å². The van der Waals surface area contributed by atoms with Gasteiger partial charge in [0.15, 0.2) is 0 Å². The molecule has 1 aromatic rings. The Kier molecular flexibility index (Phi) is 3.55. The summed E-state index contributed by atoms with van der Waals surface area (Å²) in [7, 11) is -3.15. The summed E-state index contributed by atoms with van der Waals surface area (Å²) in [6.07, 6.45) is 3.94. The van der Waals surface area contributed by atoms with Crippen LogP contribution in [0.5, 0.6) is 0 Å². The van der Waals surface area contributed by atoms with E-state index >= 15 is 0 Å². The summed E-state index contributed by atoms with van der Waals surface area (Å²) < 4.78 is 26.7. The number of benzene rings is 1. The molecule has 1 saturated carbocycles. The van der Waals surface area contributed by atoms with Crippen LogP contribution in [0.25, 0.3) is 0 Å². The first kappa shape index (κ1) is 14.7. The zero-order valence-corrected chi connectivity index (χ0v) is 13.8. The Morgan fingerprint density at radius 2 is 1.82 bits per heavy atom. The fourth-order valence-corrected chi connectivity index (χ4v) is 5.62. The number of rotatable bonds is 5. The maximum absolute atomic E-state index is 12.5. The molecule has 3 aliphatic rings. The number of hydrogen-bond acceptors (Lipinski definition) is 3. The summed E-state index contributed by atoms with van der Waals surface area (Å²) in [4.78, 5) is 2.55. The second-order valence-corrected chi connectivity index (χ2v) is 9.41. The van der Waals surface area contributed by atoms with E-state index < -0.39 is 10.0 Å². The first-order valence-electron chi connectivity index (χ1n) is 8.29. The van der Waals surface area contributed by atoms with Gasteiger partial charge in [-0.25, -0.2) is 12.7 Å². The third-order valence-electron chi connectivity index (χ3n) is 5.34. The van der Waals surface area contributed by atoms with Crippen molar-refractivity contribution in [3.63, 3.8) is 0 Å². The second kappa shape index (κ2) is 5.32. The van der Waals surface area contributed by atoms with Crippen LogP contribution in [0.3, 0.4) is 0 Å². The molecule has 0 radical (unpaired) electrons. The van der Waals surface area contributed by atoms with E-state index in [0.717, 1.165) is 44.1 Å². The standard InChI is InChI=1S/C17H24N2O2S/c20-22(21,11-16-4-2-1-3-5-16)19-13-17(14-19)8-9-18(12-17)10-15-6-7-15/h1-5,15H,6-14H2. The topological polar surface area (TPSA) is 40.6 Å². The van der Waals surface area contributed by atoms with Crippen LogP contribution in [-0.4, -0.2) is 50.3 Å².